The number of hydrogen-bond donors (Lipinski definition) is 1. The van der Waals surface area contributed by atoms with E-state index in [4.69, 9.17) is 5.26 Å². The van der Waals surface area contributed by atoms with E-state index in [1.807, 2.05) is 0 Å². The number of benzene rings is 2. The molecule has 0 spiro atoms. The van der Waals surface area contributed by atoms with Gasteiger partial charge in [0.2, 0.25) is 0 Å². The van der Waals surface area contributed by atoms with Crippen LogP contribution in [0.3, 0.4) is 0 Å². The van der Waals surface area contributed by atoms with Crippen molar-refractivity contribution in [3.63, 3.8) is 0 Å². The van der Waals surface area contributed by atoms with E-state index in [-0.39, 0.29) is 0 Å². The number of nitro groups is 2. The number of sulfone groups is 2. The van der Waals surface area contributed by atoms with Gasteiger partial charge in [0.05, 0.1) is 25.7 Å². The van der Waals surface area contributed by atoms with Gasteiger partial charge in [0.1, 0.15) is 0 Å². The zero-order valence-electron chi connectivity index (χ0n) is 16.7. The summed E-state index contributed by atoms with van der Waals surface area (Å²) < 4.78 is 47.9. The fraction of sp³-hybridized carbons (Fsp3) is 0.200. The summed E-state index contributed by atoms with van der Waals surface area (Å²) >= 11 is 0.919. The topological polar surface area (TPSA) is 202 Å². The SMILES string of the molecule is CS(=O)(=O)c1cc([N+](=O)[O-])cc([N+](=O)[O-])c1.CS(=O)(=O)c1ccccc1.CSOOOO. The Kier molecular flexibility index (Phi) is 12.5. The van der Waals surface area contributed by atoms with Gasteiger partial charge >= 0.3 is 0 Å². The van der Waals surface area contributed by atoms with Crippen molar-refractivity contribution in [1.29, 1.82) is 0 Å². The summed E-state index contributed by atoms with van der Waals surface area (Å²) in [7, 11) is -6.73. The van der Waals surface area contributed by atoms with Crippen molar-refractivity contribution >= 4 is 43.1 Å². The molecule has 0 saturated carbocycles. The van der Waals surface area contributed by atoms with Crippen molar-refractivity contribution in [3.05, 3.63) is 68.8 Å². The highest BCUT2D eigenvalue weighted by Gasteiger charge is 2.20. The van der Waals surface area contributed by atoms with E-state index in [1.165, 1.54) is 6.26 Å². The molecule has 2 rings (SSSR count). The maximum atomic E-state index is 11.1. The maximum absolute atomic E-state index is 11.1. The molecule has 0 aromatic heterocycles. The van der Waals surface area contributed by atoms with Gasteiger partial charge in [0, 0.05) is 42.9 Å². The molecule has 1 N–H and O–H groups in total. The first-order valence-electron chi connectivity index (χ1n) is 7.80. The second-order valence-corrected chi connectivity index (χ2v) is 9.93. The van der Waals surface area contributed by atoms with Crippen LogP contribution in [0.15, 0.2) is 58.3 Å². The molecule has 2 aromatic rings. The van der Waals surface area contributed by atoms with Crippen LogP contribution in [0, 0.1) is 20.2 Å². The summed E-state index contributed by atoms with van der Waals surface area (Å²) in [5.41, 5.74) is -1.26. The lowest BCUT2D eigenvalue weighted by molar-refractivity contribution is -0.591. The van der Waals surface area contributed by atoms with Crippen LogP contribution >= 0.6 is 12.0 Å². The average molecular weight is 515 g/mol. The van der Waals surface area contributed by atoms with Crippen molar-refractivity contribution in [2.75, 3.05) is 18.8 Å². The van der Waals surface area contributed by atoms with Gasteiger partial charge in [-0.25, -0.2) is 22.1 Å². The van der Waals surface area contributed by atoms with Crippen LogP contribution in [-0.4, -0.2) is 50.7 Å². The highest BCUT2D eigenvalue weighted by atomic mass is 32.2. The Morgan fingerprint density at radius 3 is 1.53 bits per heavy atom. The normalized spacial score (nSPS) is 10.8. The van der Waals surface area contributed by atoms with Crippen LogP contribution in [0.25, 0.3) is 0 Å². The number of rotatable bonds is 7. The Balaban J connectivity index is 0.000000511. The van der Waals surface area contributed by atoms with E-state index >= 15 is 0 Å². The molecule has 0 saturated heterocycles. The van der Waals surface area contributed by atoms with Gasteiger partial charge in [-0.1, -0.05) is 18.2 Å². The number of hydrogen-bond acceptors (Lipinski definition) is 13. The third kappa shape index (κ3) is 11.6. The van der Waals surface area contributed by atoms with Crippen LogP contribution in [-0.2, 0) is 34.1 Å². The monoisotopic (exact) mass is 514 g/mol. The van der Waals surface area contributed by atoms with E-state index in [2.05, 4.69) is 14.4 Å². The molecule has 17 heteroatoms. The minimum Gasteiger partial charge on any atom is -0.258 e. The molecule has 178 valence electrons. The molecule has 0 atom stereocenters. The molecule has 2 aromatic carbocycles. The Bertz CT molecular complexity index is 1070. The summed E-state index contributed by atoms with van der Waals surface area (Å²) in [5.74, 6) is 0. The summed E-state index contributed by atoms with van der Waals surface area (Å²) in [6.45, 7) is 0. The number of nitro benzene ring substituents is 2. The van der Waals surface area contributed by atoms with Gasteiger partial charge in [-0.3, -0.25) is 20.2 Å². The number of nitrogens with zero attached hydrogens (tertiary/aromatic N) is 2. The minimum atomic E-state index is -3.72. The quantitative estimate of drug-likeness (QED) is 0.186. The van der Waals surface area contributed by atoms with Gasteiger partial charge in [0.25, 0.3) is 11.4 Å². The van der Waals surface area contributed by atoms with Crippen molar-refractivity contribution in [3.8, 4) is 0 Å². The van der Waals surface area contributed by atoms with Gasteiger partial charge in [0.15, 0.2) is 19.7 Å². The first kappa shape index (κ1) is 29.3. The largest absolute Gasteiger partial charge is 0.277 e. The fourth-order valence-electron chi connectivity index (χ4n) is 1.70. The molecule has 0 aliphatic heterocycles. The minimum absolute atomic E-state index is 0.370. The van der Waals surface area contributed by atoms with Crippen LogP contribution in [0.5, 0.6) is 0 Å². The first-order chi connectivity index (χ1) is 14.7. The van der Waals surface area contributed by atoms with E-state index in [0.717, 1.165) is 30.4 Å². The Labute approximate surface area is 186 Å². The zero-order chi connectivity index (χ0) is 24.9. The lowest BCUT2D eigenvalue weighted by Gasteiger charge is -1.98. The lowest BCUT2D eigenvalue weighted by atomic mass is 10.3. The van der Waals surface area contributed by atoms with Crippen molar-refractivity contribution < 1.29 is 46.3 Å². The van der Waals surface area contributed by atoms with Gasteiger partial charge in [-0.15, -0.1) is 4.33 Å². The van der Waals surface area contributed by atoms with E-state index in [0.29, 0.717) is 11.0 Å². The molecule has 0 aliphatic carbocycles. The molecule has 14 nitrogen and oxygen atoms in total. The third-order valence-corrected chi connectivity index (χ3v) is 5.44. The van der Waals surface area contributed by atoms with Crippen LogP contribution < -0.4 is 0 Å². The molecule has 0 radical (unpaired) electrons. The summed E-state index contributed by atoms with van der Waals surface area (Å²) in [4.78, 5) is 19.0. The zero-order valence-corrected chi connectivity index (χ0v) is 19.1. The van der Waals surface area contributed by atoms with Crippen molar-refractivity contribution in [2.45, 2.75) is 9.79 Å². The Hall–Kier alpha value is -2.67. The molecule has 0 aliphatic rings. The predicted octanol–water partition coefficient (Wildman–Crippen LogP) is 2.61. The second kappa shape index (κ2) is 13.7. The van der Waals surface area contributed by atoms with Crippen molar-refractivity contribution in [1.82, 2.24) is 0 Å². The molecular formula is C15H18N2O12S3. The lowest BCUT2D eigenvalue weighted by Crippen LogP contribution is -2.00. The van der Waals surface area contributed by atoms with Gasteiger partial charge in [-0.2, -0.15) is 0 Å². The van der Waals surface area contributed by atoms with Gasteiger partial charge in [-0.05, 0) is 22.2 Å². The molecule has 0 heterocycles. The smallest absolute Gasteiger partial charge is 0.258 e. The second-order valence-electron chi connectivity index (χ2n) is 5.43. The van der Waals surface area contributed by atoms with Crippen LogP contribution in [0.1, 0.15) is 0 Å². The number of non-ortho nitro benzene ring substituents is 2. The molecule has 0 bridgehead atoms. The first-order valence-corrected chi connectivity index (χ1v) is 12.7. The molecule has 0 fully saturated rings. The summed E-state index contributed by atoms with van der Waals surface area (Å²) in [6, 6.07) is 10.6. The van der Waals surface area contributed by atoms with E-state index in [9.17, 15) is 37.1 Å². The Morgan fingerprint density at radius 1 is 0.844 bits per heavy atom. The van der Waals surface area contributed by atoms with E-state index in [1.54, 1.807) is 36.6 Å². The molecule has 0 amide bonds. The average Bonchev–Trinajstić information content (AvgIpc) is 2.72. The van der Waals surface area contributed by atoms with Crippen LogP contribution in [0.4, 0.5) is 11.4 Å². The molecular weight excluding hydrogens is 496 g/mol. The summed E-state index contributed by atoms with van der Waals surface area (Å²) in [6.07, 6.45) is 3.62. The van der Waals surface area contributed by atoms with E-state index < -0.39 is 45.8 Å². The Morgan fingerprint density at radius 2 is 1.28 bits per heavy atom. The summed E-state index contributed by atoms with van der Waals surface area (Å²) in [5, 5.41) is 34.8. The highest BCUT2D eigenvalue weighted by Crippen LogP contribution is 2.25. The molecule has 0 unspecified atom stereocenters. The predicted molar refractivity (Wildman–Crippen MR) is 112 cm³/mol. The molecule has 32 heavy (non-hydrogen) atoms. The highest BCUT2D eigenvalue weighted by molar-refractivity contribution is 7.93. The van der Waals surface area contributed by atoms with Gasteiger partial charge < -0.3 is 0 Å². The maximum Gasteiger partial charge on any atom is 0.277 e. The van der Waals surface area contributed by atoms with Crippen molar-refractivity contribution in [2.24, 2.45) is 0 Å². The van der Waals surface area contributed by atoms with Crippen LogP contribution in [0.2, 0.25) is 0 Å². The fourth-order valence-corrected chi connectivity index (χ4v) is 3.10. The standard InChI is InChI=1S/C7H6N2O6S.C7H8O2S.CH4O4S/c1-16(14,15)7-3-5(8(10)11)2-6(4-7)9(12)13;1-10(8,9)7-5-3-2-4-6-7;1-6-5-4-3-2/h2-4H,1H3;2-6H,1H3;2H,1H3. The third-order valence-electron chi connectivity index (χ3n) is 3.02.